The summed E-state index contributed by atoms with van der Waals surface area (Å²) in [5.41, 5.74) is 0. The standard InChI is InChI=1S/C11H12ClNO3S/c12-9-4-3-8(17-9)10(14)13-7-2-1-6(5-7)11(15)16/h3-4,6-7H,1-2,5H2,(H,13,14)(H,15,16)/t6-,7+/m0/s1. The third-order valence-electron chi connectivity index (χ3n) is 2.91. The van der Waals surface area contributed by atoms with Crippen molar-refractivity contribution in [2.24, 2.45) is 5.92 Å². The van der Waals surface area contributed by atoms with Gasteiger partial charge in [0.25, 0.3) is 5.91 Å². The second kappa shape index (κ2) is 5.06. The van der Waals surface area contributed by atoms with Crippen molar-refractivity contribution in [2.75, 3.05) is 0 Å². The third kappa shape index (κ3) is 2.98. The van der Waals surface area contributed by atoms with Gasteiger partial charge in [0.2, 0.25) is 0 Å². The van der Waals surface area contributed by atoms with E-state index in [-0.39, 0.29) is 17.9 Å². The van der Waals surface area contributed by atoms with E-state index in [0.717, 1.165) is 6.42 Å². The first kappa shape index (κ1) is 12.4. The Balaban J connectivity index is 1.90. The number of hydrogen-bond acceptors (Lipinski definition) is 3. The maximum absolute atomic E-state index is 11.8. The van der Waals surface area contributed by atoms with E-state index >= 15 is 0 Å². The van der Waals surface area contributed by atoms with Crippen LogP contribution in [0.15, 0.2) is 12.1 Å². The van der Waals surface area contributed by atoms with Crippen molar-refractivity contribution in [3.63, 3.8) is 0 Å². The van der Waals surface area contributed by atoms with Gasteiger partial charge in [0.05, 0.1) is 15.1 Å². The van der Waals surface area contributed by atoms with Crippen LogP contribution in [0.25, 0.3) is 0 Å². The molecule has 0 aliphatic heterocycles. The Bertz CT molecular complexity index is 446. The first-order chi connectivity index (χ1) is 8.06. The topological polar surface area (TPSA) is 66.4 Å². The first-order valence-corrected chi connectivity index (χ1v) is 6.54. The fraction of sp³-hybridized carbons (Fsp3) is 0.455. The van der Waals surface area contributed by atoms with Crippen LogP contribution in [0.5, 0.6) is 0 Å². The van der Waals surface area contributed by atoms with E-state index in [4.69, 9.17) is 16.7 Å². The average molecular weight is 274 g/mol. The highest BCUT2D eigenvalue weighted by Crippen LogP contribution is 2.27. The highest BCUT2D eigenvalue weighted by atomic mass is 35.5. The van der Waals surface area contributed by atoms with Crippen molar-refractivity contribution in [1.82, 2.24) is 5.32 Å². The van der Waals surface area contributed by atoms with E-state index in [0.29, 0.717) is 22.1 Å². The summed E-state index contributed by atoms with van der Waals surface area (Å²) in [4.78, 5) is 23.1. The molecule has 2 atom stereocenters. The molecule has 0 radical (unpaired) electrons. The van der Waals surface area contributed by atoms with Crippen LogP contribution in [0.3, 0.4) is 0 Å². The van der Waals surface area contributed by atoms with Gasteiger partial charge < -0.3 is 10.4 Å². The molecule has 1 amide bonds. The molecule has 0 bridgehead atoms. The molecule has 0 spiro atoms. The molecule has 0 aromatic carbocycles. The highest BCUT2D eigenvalue weighted by molar-refractivity contribution is 7.17. The van der Waals surface area contributed by atoms with E-state index in [1.807, 2.05) is 0 Å². The molecule has 2 N–H and O–H groups in total. The van der Waals surface area contributed by atoms with Crippen molar-refractivity contribution in [3.8, 4) is 0 Å². The minimum absolute atomic E-state index is 0.0375. The zero-order chi connectivity index (χ0) is 12.4. The zero-order valence-corrected chi connectivity index (χ0v) is 10.6. The lowest BCUT2D eigenvalue weighted by Gasteiger charge is -2.11. The molecule has 0 saturated heterocycles. The third-order valence-corrected chi connectivity index (χ3v) is 4.14. The normalized spacial score (nSPS) is 23.6. The molecular weight excluding hydrogens is 262 g/mol. The van der Waals surface area contributed by atoms with Crippen LogP contribution in [0.1, 0.15) is 28.9 Å². The smallest absolute Gasteiger partial charge is 0.306 e. The van der Waals surface area contributed by atoms with E-state index in [9.17, 15) is 9.59 Å². The Morgan fingerprint density at radius 1 is 1.41 bits per heavy atom. The number of halogens is 1. The molecule has 0 unspecified atom stereocenters. The molecule has 1 heterocycles. The van der Waals surface area contributed by atoms with Crippen molar-refractivity contribution in [2.45, 2.75) is 25.3 Å². The van der Waals surface area contributed by atoms with Gasteiger partial charge in [0.15, 0.2) is 0 Å². The van der Waals surface area contributed by atoms with Gasteiger partial charge in [-0.15, -0.1) is 11.3 Å². The SMILES string of the molecule is O=C(N[C@@H]1CC[C@H](C(=O)O)C1)c1ccc(Cl)s1. The lowest BCUT2D eigenvalue weighted by molar-refractivity contribution is -0.141. The molecule has 17 heavy (non-hydrogen) atoms. The molecular formula is C11H12ClNO3S. The summed E-state index contributed by atoms with van der Waals surface area (Å²) in [7, 11) is 0. The Labute approximate surface area is 108 Å². The van der Waals surface area contributed by atoms with Gasteiger partial charge in [0, 0.05) is 6.04 Å². The predicted molar refractivity (Wildman–Crippen MR) is 65.6 cm³/mol. The summed E-state index contributed by atoms with van der Waals surface area (Å²) in [6, 6.07) is 3.31. The summed E-state index contributed by atoms with van der Waals surface area (Å²) in [5.74, 6) is -1.27. The number of aliphatic carboxylic acids is 1. The number of nitrogens with one attached hydrogen (secondary N) is 1. The van der Waals surface area contributed by atoms with Gasteiger partial charge in [-0.05, 0) is 31.4 Å². The van der Waals surface area contributed by atoms with E-state index in [2.05, 4.69) is 5.32 Å². The van der Waals surface area contributed by atoms with Crippen molar-refractivity contribution < 1.29 is 14.7 Å². The minimum atomic E-state index is -0.777. The van der Waals surface area contributed by atoms with Crippen molar-refractivity contribution in [1.29, 1.82) is 0 Å². The number of carbonyl (C=O) groups is 2. The number of carbonyl (C=O) groups excluding carboxylic acids is 1. The fourth-order valence-corrected chi connectivity index (χ4v) is 2.98. The number of thiophene rings is 1. The van der Waals surface area contributed by atoms with Crippen molar-refractivity contribution >= 4 is 34.8 Å². The maximum Gasteiger partial charge on any atom is 0.306 e. The molecule has 1 aromatic rings. The van der Waals surface area contributed by atoms with Gasteiger partial charge in [-0.3, -0.25) is 9.59 Å². The Kier molecular flexibility index (Phi) is 3.69. The zero-order valence-electron chi connectivity index (χ0n) is 8.98. The molecule has 2 rings (SSSR count). The van der Waals surface area contributed by atoms with E-state index < -0.39 is 5.97 Å². The van der Waals surface area contributed by atoms with Gasteiger partial charge >= 0.3 is 5.97 Å². The van der Waals surface area contributed by atoms with Crippen LogP contribution >= 0.6 is 22.9 Å². The second-order valence-corrected chi connectivity index (χ2v) is 5.84. The van der Waals surface area contributed by atoms with Gasteiger partial charge in [-0.2, -0.15) is 0 Å². The molecule has 92 valence electrons. The molecule has 1 saturated carbocycles. The quantitative estimate of drug-likeness (QED) is 0.889. The second-order valence-electron chi connectivity index (χ2n) is 4.12. The fourth-order valence-electron chi connectivity index (χ4n) is 2.03. The van der Waals surface area contributed by atoms with Crippen LogP contribution in [-0.2, 0) is 4.79 Å². The van der Waals surface area contributed by atoms with Crippen LogP contribution in [-0.4, -0.2) is 23.0 Å². The Morgan fingerprint density at radius 2 is 2.18 bits per heavy atom. The number of carboxylic acid groups (broad SMARTS) is 1. The number of amides is 1. The summed E-state index contributed by atoms with van der Waals surface area (Å²) >= 11 is 6.97. The lowest BCUT2D eigenvalue weighted by atomic mass is 10.1. The molecule has 6 heteroatoms. The molecule has 1 aliphatic carbocycles. The molecule has 1 aliphatic rings. The first-order valence-electron chi connectivity index (χ1n) is 5.35. The Morgan fingerprint density at radius 3 is 2.71 bits per heavy atom. The van der Waals surface area contributed by atoms with Crippen molar-refractivity contribution in [3.05, 3.63) is 21.3 Å². The van der Waals surface area contributed by atoms with Gasteiger partial charge in [-0.25, -0.2) is 0 Å². The molecule has 1 fully saturated rings. The molecule has 1 aromatic heterocycles. The number of hydrogen-bond donors (Lipinski definition) is 2. The lowest BCUT2D eigenvalue weighted by Crippen LogP contribution is -2.32. The summed E-state index contributed by atoms with van der Waals surface area (Å²) in [5, 5.41) is 11.7. The molecule has 4 nitrogen and oxygen atoms in total. The maximum atomic E-state index is 11.8. The summed E-state index contributed by atoms with van der Waals surface area (Å²) < 4.78 is 0.574. The van der Waals surface area contributed by atoms with Gasteiger partial charge in [0.1, 0.15) is 0 Å². The van der Waals surface area contributed by atoms with Crippen LogP contribution in [0.2, 0.25) is 4.34 Å². The number of carboxylic acids is 1. The summed E-state index contributed by atoms with van der Waals surface area (Å²) in [6.45, 7) is 0. The monoisotopic (exact) mass is 273 g/mol. The predicted octanol–water partition coefficient (Wildman–Crippen LogP) is 2.38. The number of rotatable bonds is 3. The van der Waals surface area contributed by atoms with Crippen LogP contribution in [0.4, 0.5) is 0 Å². The van der Waals surface area contributed by atoms with Gasteiger partial charge in [-0.1, -0.05) is 11.6 Å². The largest absolute Gasteiger partial charge is 0.481 e. The highest BCUT2D eigenvalue weighted by Gasteiger charge is 2.30. The average Bonchev–Trinajstić information content (AvgIpc) is 2.86. The summed E-state index contributed by atoms with van der Waals surface area (Å²) in [6.07, 6.45) is 1.87. The minimum Gasteiger partial charge on any atom is -0.481 e. The van der Waals surface area contributed by atoms with Crippen LogP contribution < -0.4 is 5.32 Å². The van der Waals surface area contributed by atoms with E-state index in [1.165, 1.54) is 11.3 Å². The Hall–Kier alpha value is -1.07. The van der Waals surface area contributed by atoms with E-state index in [1.54, 1.807) is 12.1 Å². The van der Waals surface area contributed by atoms with Crippen LogP contribution in [0, 0.1) is 5.92 Å².